The number of aromatic nitrogens is 2. The zero-order valence-corrected chi connectivity index (χ0v) is 9.47. The van der Waals surface area contributed by atoms with Crippen LogP contribution >= 0.6 is 0 Å². The molecule has 4 heteroatoms. The molecule has 0 unspecified atom stereocenters. The Morgan fingerprint density at radius 3 is 3.00 bits per heavy atom. The monoisotopic (exact) mass is 217 g/mol. The van der Waals surface area contributed by atoms with Crippen LogP contribution < -0.4 is 10.1 Å². The summed E-state index contributed by atoms with van der Waals surface area (Å²) in [6.45, 7) is 0.767. The molecule has 0 atom stereocenters. The van der Waals surface area contributed by atoms with Gasteiger partial charge in [-0.05, 0) is 23.8 Å². The maximum atomic E-state index is 5.16. The molecular weight excluding hydrogens is 202 g/mol. The Labute approximate surface area is 94.9 Å². The number of hydrogen-bond acceptors (Lipinski definition) is 3. The van der Waals surface area contributed by atoms with Crippen molar-refractivity contribution >= 4 is 5.69 Å². The Bertz CT molecular complexity index is 465. The second kappa shape index (κ2) is 4.70. The highest BCUT2D eigenvalue weighted by Crippen LogP contribution is 2.20. The van der Waals surface area contributed by atoms with Crippen LogP contribution in [-0.2, 0) is 13.6 Å². The van der Waals surface area contributed by atoms with Gasteiger partial charge >= 0.3 is 0 Å². The third-order valence-electron chi connectivity index (χ3n) is 2.34. The normalized spacial score (nSPS) is 10.1. The highest BCUT2D eigenvalue weighted by Gasteiger charge is 2.02. The summed E-state index contributed by atoms with van der Waals surface area (Å²) in [6, 6.07) is 5.92. The Balaban J connectivity index is 2.04. The number of nitrogens with one attached hydrogen (secondary N) is 1. The molecule has 0 saturated carbocycles. The SMILES string of the molecule is COc1ncccc1NCc1ccn(C)c1. The largest absolute Gasteiger partial charge is 0.480 e. The molecule has 2 aromatic rings. The van der Waals surface area contributed by atoms with Crippen molar-refractivity contribution < 1.29 is 4.74 Å². The fourth-order valence-electron chi connectivity index (χ4n) is 1.55. The average Bonchev–Trinajstić information content (AvgIpc) is 2.73. The zero-order valence-electron chi connectivity index (χ0n) is 9.47. The summed E-state index contributed by atoms with van der Waals surface area (Å²) in [5, 5.41) is 3.29. The lowest BCUT2D eigenvalue weighted by atomic mass is 10.3. The smallest absolute Gasteiger partial charge is 0.237 e. The van der Waals surface area contributed by atoms with E-state index in [9.17, 15) is 0 Å². The molecule has 0 saturated heterocycles. The van der Waals surface area contributed by atoms with E-state index in [1.165, 1.54) is 5.56 Å². The summed E-state index contributed by atoms with van der Waals surface area (Å²) in [5.74, 6) is 0.624. The second-order valence-corrected chi connectivity index (χ2v) is 3.60. The Kier molecular flexibility index (Phi) is 3.10. The van der Waals surface area contributed by atoms with Crippen LogP contribution in [0, 0.1) is 0 Å². The standard InChI is InChI=1S/C12H15N3O/c1-15-7-5-10(9-15)8-14-11-4-3-6-13-12(11)16-2/h3-7,9,14H,8H2,1-2H3. The van der Waals surface area contributed by atoms with E-state index in [4.69, 9.17) is 4.74 Å². The number of hydrogen-bond donors (Lipinski definition) is 1. The lowest BCUT2D eigenvalue weighted by Gasteiger charge is -2.08. The van der Waals surface area contributed by atoms with Gasteiger partial charge in [-0.1, -0.05) is 0 Å². The second-order valence-electron chi connectivity index (χ2n) is 3.60. The van der Waals surface area contributed by atoms with Crippen molar-refractivity contribution in [1.82, 2.24) is 9.55 Å². The van der Waals surface area contributed by atoms with Crippen LogP contribution in [0.15, 0.2) is 36.8 Å². The van der Waals surface area contributed by atoms with Crippen molar-refractivity contribution in [3.8, 4) is 5.88 Å². The van der Waals surface area contributed by atoms with E-state index >= 15 is 0 Å². The van der Waals surface area contributed by atoms with Crippen molar-refractivity contribution in [3.05, 3.63) is 42.4 Å². The summed E-state index contributed by atoms with van der Waals surface area (Å²) in [7, 11) is 3.63. The molecule has 2 aromatic heterocycles. The molecule has 0 spiro atoms. The molecule has 84 valence electrons. The van der Waals surface area contributed by atoms with E-state index in [-0.39, 0.29) is 0 Å². The number of methoxy groups -OCH3 is 1. The van der Waals surface area contributed by atoms with Crippen molar-refractivity contribution in [2.45, 2.75) is 6.54 Å². The van der Waals surface area contributed by atoms with Gasteiger partial charge in [-0.25, -0.2) is 4.98 Å². The molecule has 1 N–H and O–H groups in total. The van der Waals surface area contributed by atoms with Gasteiger partial charge in [-0.15, -0.1) is 0 Å². The molecule has 4 nitrogen and oxygen atoms in total. The van der Waals surface area contributed by atoms with Crippen molar-refractivity contribution in [2.75, 3.05) is 12.4 Å². The summed E-state index contributed by atoms with van der Waals surface area (Å²) in [6.07, 6.45) is 5.82. The molecule has 0 radical (unpaired) electrons. The van der Waals surface area contributed by atoms with Gasteiger partial charge in [-0.2, -0.15) is 0 Å². The molecule has 0 bridgehead atoms. The van der Waals surface area contributed by atoms with E-state index < -0.39 is 0 Å². The Morgan fingerprint density at radius 1 is 1.44 bits per heavy atom. The predicted molar refractivity (Wildman–Crippen MR) is 63.5 cm³/mol. The van der Waals surface area contributed by atoms with E-state index in [1.54, 1.807) is 13.3 Å². The fourth-order valence-corrected chi connectivity index (χ4v) is 1.55. The van der Waals surface area contributed by atoms with Gasteiger partial charge < -0.3 is 14.6 Å². The molecule has 0 fully saturated rings. The molecular formula is C12H15N3O. The van der Waals surface area contributed by atoms with E-state index in [1.807, 2.05) is 29.9 Å². The highest BCUT2D eigenvalue weighted by atomic mass is 16.5. The lowest BCUT2D eigenvalue weighted by molar-refractivity contribution is 0.399. The summed E-state index contributed by atoms with van der Waals surface area (Å²) < 4.78 is 7.19. The van der Waals surface area contributed by atoms with Crippen LogP contribution in [0.2, 0.25) is 0 Å². The zero-order chi connectivity index (χ0) is 11.4. The quantitative estimate of drug-likeness (QED) is 0.851. The molecule has 16 heavy (non-hydrogen) atoms. The number of aryl methyl sites for hydroxylation is 1. The van der Waals surface area contributed by atoms with Crippen molar-refractivity contribution in [3.63, 3.8) is 0 Å². The highest BCUT2D eigenvalue weighted by molar-refractivity contribution is 5.52. The number of nitrogens with zero attached hydrogens (tertiary/aromatic N) is 2. The summed E-state index contributed by atoms with van der Waals surface area (Å²) in [4.78, 5) is 4.12. The first-order valence-corrected chi connectivity index (χ1v) is 5.13. The fraction of sp³-hybridized carbons (Fsp3) is 0.250. The topological polar surface area (TPSA) is 39.1 Å². The number of rotatable bonds is 4. The van der Waals surface area contributed by atoms with Crippen molar-refractivity contribution in [2.24, 2.45) is 7.05 Å². The predicted octanol–water partition coefficient (Wildman–Crippen LogP) is 2.04. The van der Waals surface area contributed by atoms with Gasteiger partial charge in [0, 0.05) is 32.2 Å². The summed E-state index contributed by atoms with van der Waals surface area (Å²) >= 11 is 0. The third kappa shape index (κ3) is 2.34. The first-order valence-electron chi connectivity index (χ1n) is 5.13. The summed E-state index contributed by atoms with van der Waals surface area (Å²) in [5.41, 5.74) is 2.14. The van der Waals surface area contributed by atoms with Crippen LogP contribution in [0.3, 0.4) is 0 Å². The van der Waals surface area contributed by atoms with E-state index in [0.29, 0.717) is 5.88 Å². The minimum atomic E-state index is 0.624. The van der Waals surface area contributed by atoms with Crippen molar-refractivity contribution in [1.29, 1.82) is 0 Å². The lowest BCUT2D eigenvalue weighted by Crippen LogP contribution is -2.01. The van der Waals surface area contributed by atoms with Gasteiger partial charge in [0.2, 0.25) is 5.88 Å². The Hall–Kier alpha value is -1.97. The molecule has 2 heterocycles. The number of anilines is 1. The average molecular weight is 217 g/mol. The van der Waals surface area contributed by atoms with Gasteiger partial charge in [0.1, 0.15) is 0 Å². The first kappa shape index (κ1) is 10.5. The molecule has 0 aliphatic carbocycles. The van der Waals surface area contributed by atoms with Gasteiger partial charge in [0.15, 0.2) is 0 Å². The van der Waals surface area contributed by atoms with Crippen LogP contribution in [0.4, 0.5) is 5.69 Å². The van der Waals surface area contributed by atoms with Gasteiger partial charge in [-0.3, -0.25) is 0 Å². The minimum absolute atomic E-state index is 0.624. The molecule has 0 amide bonds. The van der Waals surface area contributed by atoms with Crippen LogP contribution in [0.1, 0.15) is 5.56 Å². The van der Waals surface area contributed by atoms with E-state index in [0.717, 1.165) is 12.2 Å². The maximum absolute atomic E-state index is 5.16. The van der Waals surface area contributed by atoms with Crippen LogP contribution in [0.5, 0.6) is 5.88 Å². The first-order chi connectivity index (χ1) is 7.79. The number of ether oxygens (including phenoxy) is 1. The molecule has 2 rings (SSSR count). The Morgan fingerprint density at radius 2 is 2.31 bits per heavy atom. The molecule has 0 aliphatic heterocycles. The maximum Gasteiger partial charge on any atom is 0.237 e. The minimum Gasteiger partial charge on any atom is -0.480 e. The molecule has 0 aliphatic rings. The number of pyridine rings is 1. The van der Waals surface area contributed by atoms with E-state index in [2.05, 4.69) is 22.6 Å². The van der Waals surface area contributed by atoms with Crippen LogP contribution in [-0.4, -0.2) is 16.7 Å². The van der Waals surface area contributed by atoms with Gasteiger partial charge in [0.05, 0.1) is 12.8 Å². The van der Waals surface area contributed by atoms with Crippen LogP contribution in [0.25, 0.3) is 0 Å². The van der Waals surface area contributed by atoms with Gasteiger partial charge in [0.25, 0.3) is 0 Å². The molecule has 0 aromatic carbocycles. The third-order valence-corrected chi connectivity index (χ3v) is 2.34.